The van der Waals surface area contributed by atoms with Gasteiger partial charge in [0.25, 0.3) is 5.91 Å². The fourth-order valence-electron chi connectivity index (χ4n) is 3.72. The predicted octanol–water partition coefficient (Wildman–Crippen LogP) is 4.52. The highest BCUT2D eigenvalue weighted by Gasteiger charge is 2.16. The predicted molar refractivity (Wildman–Crippen MR) is 137 cm³/mol. The number of piperidine rings is 1. The molecule has 0 bridgehead atoms. The summed E-state index contributed by atoms with van der Waals surface area (Å²) in [5.74, 6) is 1.31. The summed E-state index contributed by atoms with van der Waals surface area (Å²) < 4.78 is 5.19. The molecule has 9 nitrogen and oxygen atoms in total. The maximum absolute atomic E-state index is 12.6. The number of hydrogen-bond acceptors (Lipinski definition) is 8. The van der Waals surface area contributed by atoms with Crippen LogP contribution in [-0.2, 0) is 0 Å². The second-order valence-corrected chi connectivity index (χ2v) is 7.86. The molecule has 3 aromatic rings. The molecule has 178 valence electrons. The zero-order valence-electron chi connectivity index (χ0n) is 19.3. The van der Waals surface area contributed by atoms with Crippen LogP contribution in [0, 0.1) is 0 Å². The lowest BCUT2D eigenvalue weighted by Gasteiger charge is -2.28. The van der Waals surface area contributed by atoms with Crippen LogP contribution in [0.25, 0.3) is 0 Å². The van der Waals surface area contributed by atoms with Gasteiger partial charge in [0.2, 0.25) is 11.8 Å². The second-order valence-electron chi connectivity index (χ2n) is 7.86. The van der Waals surface area contributed by atoms with E-state index in [0.29, 0.717) is 30.0 Å². The van der Waals surface area contributed by atoms with E-state index in [0.717, 1.165) is 18.8 Å². The number of pyridine rings is 1. The van der Waals surface area contributed by atoms with Crippen molar-refractivity contribution in [3.05, 3.63) is 66.9 Å². The van der Waals surface area contributed by atoms with Gasteiger partial charge in [0.05, 0.1) is 7.11 Å². The molecule has 1 amide bonds. The van der Waals surface area contributed by atoms with Crippen molar-refractivity contribution in [2.24, 2.45) is 0 Å². The summed E-state index contributed by atoms with van der Waals surface area (Å²) >= 11 is 0. The van der Waals surface area contributed by atoms with E-state index in [9.17, 15) is 4.79 Å². The van der Waals surface area contributed by atoms with Crippen LogP contribution in [-0.4, -0.2) is 47.6 Å². The number of aromatic nitrogens is 3. The van der Waals surface area contributed by atoms with E-state index in [2.05, 4.69) is 54.5 Å². The molecule has 0 unspecified atom stereocenters. The van der Waals surface area contributed by atoms with E-state index in [4.69, 9.17) is 4.74 Å². The van der Waals surface area contributed by atoms with Crippen LogP contribution >= 0.6 is 0 Å². The first kappa shape index (κ1) is 23.0. The molecule has 4 rings (SSSR count). The van der Waals surface area contributed by atoms with Crippen molar-refractivity contribution < 1.29 is 11.0 Å². The van der Waals surface area contributed by atoms with Gasteiger partial charge in [0.15, 0.2) is 0 Å². The number of methoxy groups -OCH3 is 1. The summed E-state index contributed by atoms with van der Waals surface area (Å²) in [7, 11) is 1.55. The Labute approximate surface area is 200 Å². The Morgan fingerprint density at radius 2 is 1.91 bits per heavy atom. The average molecular weight is 462 g/mol. The van der Waals surface area contributed by atoms with E-state index in [1.165, 1.54) is 31.1 Å². The van der Waals surface area contributed by atoms with Crippen molar-refractivity contribution in [1.29, 1.82) is 0 Å². The third-order valence-electron chi connectivity index (χ3n) is 5.46. The van der Waals surface area contributed by atoms with Gasteiger partial charge in [-0.25, -0.2) is 4.98 Å². The van der Waals surface area contributed by atoms with Gasteiger partial charge in [-0.2, -0.15) is 9.97 Å². The lowest BCUT2D eigenvalue weighted by molar-refractivity contribution is 0.0958. The number of benzene rings is 1. The van der Waals surface area contributed by atoms with Gasteiger partial charge in [-0.3, -0.25) is 4.79 Å². The first-order chi connectivity index (χ1) is 16.7. The number of rotatable bonds is 9. The molecule has 34 heavy (non-hydrogen) atoms. The van der Waals surface area contributed by atoms with Gasteiger partial charge >= 0.3 is 0 Å². The van der Waals surface area contributed by atoms with Gasteiger partial charge in [0, 0.05) is 44.7 Å². The fourth-order valence-corrected chi connectivity index (χ4v) is 3.72. The molecule has 0 aliphatic carbocycles. The van der Waals surface area contributed by atoms with Crippen LogP contribution in [0.15, 0.2) is 61.3 Å². The number of hydrogen-bond donors (Lipinski definition) is 3. The molecule has 1 fully saturated rings. The summed E-state index contributed by atoms with van der Waals surface area (Å²) in [6.45, 7) is 6.16. The van der Waals surface area contributed by atoms with Crippen molar-refractivity contribution in [2.75, 3.05) is 42.3 Å². The third kappa shape index (κ3) is 5.80. The zero-order valence-corrected chi connectivity index (χ0v) is 19.3. The van der Waals surface area contributed by atoms with Gasteiger partial charge in [0.1, 0.15) is 17.2 Å². The van der Waals surface area contributed by atoms with Crippen LogP contribution in [0.5, 0.6) is 5.88 Å². The smallest absolute Gasteiger partial charge is 0.256 e. The van der Waals surface area contributed by atoms with Crippen LogP contribution in [0.3, 0.4) is 0 Å². The second kappa shape index (κ2) is 11.1. The van der Waals surface area contributed by atoms with Crippen molar-refractivity contribution >= 4 is 34.9 Å². The van der Waals surface area contributed by atoms with E-state index >= 15 is 0 Å². The number of nitrogens with one attached hydrogen (secondary N) is 3. The van der Waals surface area contributed by atoms with Gasteiger partial charge in [-0.05, 0) is 49.6 Å². The van der Waals surface area contributed by atoms with Crippen molar-refractivity contribution in [3.8, 4) is 5.88 Å². The van der Waals surface area contributed by atoms with Crippen molar-refractivity contribution in [1.82, 2.24) is 20.3 Å². The Hall–Kier alpha value is -4.14. The Balaban J connectivity index is 0.00000342. The minimum Gasteiger partial charge on any atom is -0.481 e. The van der Waals surface area contributed by atoms with E-state index in [1.807, 2.05) is 12.1 Å². The molecule has 1 aromatic carbocycles. The average Bonchev–Trinajstić information content (AvgIpc) is 2.88. The highest BCUT2D eigenvalue weighted by Crippen LogP contribution is 2.25. The molecule has 0 atom stereocenters. The molecule has 3 heterocycles. The largest absolute Gasteiger partial charge is 0.481 e. The number of ether oxygens (including phenoxy) is 1. The SMILES string of the molecule is C=CCNC(=O)c1cnc(Nc2ccc(N3CCCCC3)cc2)nc1Nc1cccc(OC)n1.[HH]. The van der Waals surface area contributed by atoms with Crippen LogP contribution < -0.4 is 25.6 Å². The van der Waals surface area contributed by atoms with Gasteiger partial charge < -0.3 is 25.6 Å². The molecule has 0 radical (unpaired) electrons. The molecule has 9 heteroatoms. The van der Waals surface area contributed by atoms with E-state index in [-0.39, 0.29) is 12.9 Å². The van der Waals surface area contributed by atoms with Gasteiger partial charge in [-0.1, -0.05) is 12.1 Å². The van der Waals surface area contributed by atoms with Gasteiger partial charge in [-0.15, -0.1) is 6.58 Å². The standard InChI is InChI=1S/C25H29N7O2.H2/c1-3-14-26-24(33)20-17-27-25(31-23(20)30-21-8-7-9-22(29-21)34-2)28-18-10-12-19(13-11-18)32-15-5-4-6-16-32;/h3,7-13,17H,1,4-6,14-16H2,2H3,(H,26,33)(H2,27,28,29,30,31);1H. The van der Waals surface area contributed by atoms with Crippen LogP contribution in [0.2, 0.25) is 0 Å². The molecule has 2 aromatic heterocycles. The Morgan fingerprint density at radius 1 is 1.12 bits per heavy atom. The highest BCUT2D eigenvalue weighted by molar-refractivity contribution is 5.99. The third-order valence-corrected chi connectivity index (χ3v) is 5.46. The quantitative estimate of drug-likeness (QED) is 0.400. The molecular formula is C25H31N7O2. The van der Waals surface area contributed by atoms with Crippen molar-refractivity contribution in [3.63, 3.8) is 0 Å². The number of anilines is 5. The summed E-state index contributed by atoms with van der Waals surface area (Å²) in [5.41, 5.74) is 2.36. The highest BCUT2D eigenvalue weighted by atomic mass is 16.5. The fraction of sp³-hybridized carbons (Fsp3) is 0.280. The monoisotopic (exact) mass is 461 g/mol. The lowest BCUT2D eigenvalue weighted by Crippen LogP contribution is -2.29. The normalized spacial score (nSPS) is 13.1. The summed E-state index contributed by atoms with van der Waals surface area (Å²) in [6.07, 6.45) is 6.87. The maximum Gasteiger partial charge on any atom is 0.256 e. The topological polar surface area (TPSA) is 104 Å². The zero-order chi connectivity index (χ0) is 23.8. The molecule has 1 saturated heterocycles. The first-order valence-corrected chi connectivity index (χ1v) is 11.3. The maximum atomic E-state index is 12.6. The molecule has 1 aliphatic heterocycles. The van der Waals surface area contributed by atoms with Crippen molar-refractivity contribution in [2.45, 2.75) is 19.3 Å². The number of amides is 1. The van der Waals surface area contributed by atoms with Crippen LogP contribution in [0.1, 0.15) is 31.0 Å². The Morgan fingerprint density at radius 3 is 2.65 bits per heavy atom. The molecular weight excluding hydrogens is 430 g/mol. The van der Waals surface area contributed by atoms with E-state index < -0.39 is 0 Å². The molecule has 0 saturated carbocycles. The molecule has 1 aliphatic rings. The minimum absolute atomic E-state index is 0. The Kier molecular flexibility index (Phi) is 7.54. The molecule has 0 spiro atoms. The summed E-state index contributed by atoms with van der Waals surface area (Å²) in [4.78, 5) is 28.3. The minimum atomic E-state index is -0.317. The first-order valence-electron chi connectivity index (χ1n) is 11.3. The van der Waals surface area contributed by atoms with Crippen LogP contribution in [0.4, 0.5) is 29.0 Å². The van der Waals surface area contributed by atoms with E-state index in [1.54, 1.807) is 31.4 Å². The molecule has 3 N–H and O–H groups in total. The number of carbonyl (C=O) groups is 1. The lowest BCUT2D eigenvalue weighted by atomic mass is 10.1. The number of carbonyl (C=O) groups excluding carboxylic acids is 1. The number of nitrogens with zero attached hydrogens (tertiary/aromatic N) is 4. The Bertz CT molecular complexity index is 1130. The summed E-state index contributed by atoms with van der Waals surface area (Å²) in [5, 5.41) is 9.08. The summed E-state index contributed by atoms with van der Waals surface area (Å²) in [6, 6.07) is 13.5.